The van der Waals surface area contributed by atoms with Crippen LogP contribution in [0.15, 0.2) is 30.3 Å². The molecule has 1 fully saturated rings. The molecule has 2 aromatic carbocycles. The quantitative estimate of drug-likeness (QED) is 0.264. The normalized spacial score (nSPS) is 23.9. The highest BCUT2D eigenvalue weighted by molar-refractivity contribution is 5.91. The van der Waals surface area contributed by atoms with Crippen LogP contribution in [0.25, 0.3) is 0 Å². The maximum Gasteiger partial charge on any atom is 0.339 e. The molecular weight excluding hydrogens is 472 g/mol. The summed E-state index contributed by atoms with van der Waals surface area (Å²) in [6.45, 7) is -0.578. The lowest BCUT2D eigenvalue weighted by molar-refractivity contribution is -0.277. The standard InChI is InChI=1S/C22H24O13/c1-31-13-5-9(6-14(32-2)16(13)24)21(30)33-8-15-17(25)18(26)19(27)22(35-15)34-10-3-4-12(23)11(7-10)20(28)29/h3-7,15,17-19,22-27H,8H2,1-2H3,(H,28,29)/t15-,17-,18+,19-,22-/m1/s1. The van der Waals surface area contributed by atoms with Gasteiger partial charge in [0.2, 0.25) is 12.0 Å². The third kappa shape index (κ3) is 5.49. The second-order valence-electron chi connectivity index (χ2n) is 7.44. The van der Waals surface area contributed by atoms with Crippen LogP contribution in [0.2, 0.25) is 0 Å². The lowest BCUT2D eigenvalue weighted by atomic mass is 9.99. The summed E-state index contributed by atoms with van der Waals surface area (Å²) in [5.74, 6) is -3.39. The fourth-order valence-corrected chi connectivity index (χ4v) is 3.30. The van der Waals surface area contributed by atoms with Gasteiger partial charge in [0.05, 0.1) is 19.8 Å². The molecule has 2 aromatic rings. The van der Waals surface area contributed by atoms with E-state index in [-0.39, 0.29) is 28.6 Å². The highest BCUT2D eigenvalue weighted by Gasteiger charge is 2.45. The van der Waals surface area contributed by atoms with Crippen LogP contribution in [0, 0.1) is 0 Å². The molecule has 0 saturated carbocycles. The molecule has 3 rings (SSSR count). The summed E-state index contributed by atoms with van der Waals surface area (Å²) in [5.41, 5.74) is -0.529. The molecule has 0 spiro atoms. The predicted molar refractivity (Wildman–Crippen MR) is 114 cm³/mol. The van der Waals surface area contributed by atoms with Gasteiger partial charge < -0.3 is 54.3 Å². The van der Waals surface area contributed by atoms with Crippen LogP contribution in [0.5, 0.6) is 28.7 Å². The largest absolute Gasteiger partial charge is 0.507 e. The number of carbonyl (C=O) groups excluding carboxylic acids is 1. The van der Waals surface area contributed by atoms with Crippen molar-refractivity contribution in [1.29, 1.82) is 0 Å². The molecule has 13 nitrogen and oxygen atoms in total. The number of rotatable bonds is 8. The Balaban J connectivity index is 1.73. The number of aromatic hydroxyl groups is 2. The number of ether oxygens (including phenoxy) is 5. The van der Waals surface area contributed by atoms with Crippen LogP contribution < -0.4 is 14.2 Å². The molecule has 0 bridgehead atoms. The van der Waals surface area contributed by atoms with E-state index in [9.17, 15) is 35.1 Å². The molecule has 5 atom stereocenters. The Morgan fingerprint density at radius 1 is 0.943 bits per heavy atom. The topological polar surface area (TPSA) is 202 Å². The summed E-state index contributed by atoms with van der Waals surface area (Å²) in [6, 6.07) is 5.64. The van der Waals surface area contributed by atoms with Gasteiger partial charge in [-0.15, -0.1) is 0 Å². The molecule has 1 aliphatic rings. The van der Waals surface area contributed by atoms with Crippen molar-refractivity contribution >= 4 is 11.9 Å². The van der Waals surface area contributed by atoms with Gasteiger partial charge in [-0.25, -0.2) is 9.59 Å². The van der Waals surface area contributed by atoms with E-state index in [1.54, 1.807) is 0 Å². The van der Waals surface area contributed by atoms with Crippen molar-refractivity contribution in [2.45, 2.75) is 30.7 Å². The Kier molecular flexibility index (Phi) is 7.86. The van der Waals surface area contributed by atoms with Crippen LogP contribution in [0.1, 0.15) is 20.7 Å². The number of benzene rings is 2. The van der Waals surface area contributed by atoms with Crippen LogP contribution in [0.4, 0.5) is 0 Å². The second kappa shape index (κ2) is 10.7. The zero-order chi connectivity index (χ0) is 25.9. The molecule has 35 heavy (non-hydrogen) atoms. The first-order valence-electron chi connectivity index (χ1n) is 10.1. The van der Waals surface area contributed by atoms with E-state index in [1.165, 1.54) is 32.4 Å². The monoisotopic (exact) mass is 496 g/mol. The van der Waals surface area contributed by atoms with Crippen molar-refractivity contribution in [3.05, 3.63) is 41.5 Å². The van der Waals surface area contributed by atoms with Crippen molar-refractivity contribution in [2.24, 2.45) is 0 Å². The van der Waals surface area contributed by atoms with Crippen molar-refractivity contribution in [3.63, 3.8) is 0 Å². The number of esters is 1. The van der Waals surface area contributed by atoms with Crippen LogP contribution in [0.3, 0.4) is 0 Å². The minimum absolute atomic E-state index is 0.0492. The highest BCUT2D eigenvalue weighted by Crippen LogP contribution is 2.37. The summed E-state index contributed by atoms with van der Waals surface area (Å²) in [4.78, 5) is 23.7. The maximum absolute atomic E-state index is 12.5. The van der Waals surface area contributed by atoms with Crippen LogP contribution in [-0.2, 0) is 9.47 Å². The fourth-order valence-electron chi connectivity index (χ4n) is 3.30. The van der Waals surface area contributed by atoms with Gasteiger partial charge in [0.15, 0.2) is 11.5 Å². The molecule has 1 aliphatic heterocycles. The first-order chi connectivity index (χ1) is 16.6. The Hall–Kier alpha value is -3.78. The maximum atomic E-state index is 12.5. The molecule has 0 unspecified atom stereocenters. The molecule has 0 radical (unpaired) electrons. The van der Waals surface area contributed by atoms with Crippen LogP contribution >= 0.6 is 0 Å². The molecule has 1 saturated heterocycles. The third-order valence-corrected chi connectivity index (χ3v) is 5.21. The molecule has 6 N–H and O–H groups in total. The summed E-state index contributed by atoms with van der Waals surface area (Å²) in [5, 5.41) is 59.4. The SMILES string of the molecule is COc1cc(C(=O)OC[C@H]2O[C@@H](Oc3ccc(O)c(C(=O)O)c3)[C@H](O)[C@@H](O)[C@@H]2O)cc(OC)c1O. The van der Waals surface area contributed by atoms with E-state index < -0.39 is 60.6 Å². The third-order valence-electron chi connectivity index (χ3n) is 5.21. The minimum atomic E-state index is -1.76. The Morgan fingerprint density at radius 2 is 1.57 bits per heavy atom. The number of phenols is 2. The molecule has 0 amide bonds. The number of carboxylic acids is 1. The molecule has 0 aliphatic carbocycles. The van der Waals surface area contributed by atoms with E-state index in [0.717, 1.165) is 12.1 Å². The number of carbonyl (C=O) groups is 2. The Bertz CT molecular complexity index is 1060. The van der Waals surface area contributed by atoms with Crippen molar-refractivity contribution in [2.75, 3.05) is 20.8 Å². The zero-order valence-corrected chi connectivity index (χ0v) is 18.5. The second-order valence-corrected chi connectivity index (χ2v) is 7.44. The highest BCUT2D eigenvalue weighted by atomic mass is 16.7. The lowest BCUT2D eigenvalue weighted by Gasteiger charge is -2.39. The first-order valence-corrected chi connectivity index (χ1v) is 10.1. The minimum Gasteiger partial charge on any atom is -0.507 e. The van der Waals surface area contributed by atoms with Gasteiger partial charge in [0.25, 0.3) is 0 Å². The molecule has 0 aromatic heterocycles. The average molecular weight is 496 g/mol. The van der Waals surface area contributed by atoms with Gasteiger partial charge in [-0.1, -0.05) is 0 Å². The number of aliphatic hydroxyl groups excluding tert-OH is 3. The summed E-state index contributed by atoms with van der Waals surface area (Å²) >= 11 is 0. The number of methoxy groups -OCH3 is 2. The number of carboxylic acid groups (broad SMARTS) is 1. The van der Waals surface area contributed by atoms with Gasteiger partial charge in [-0.2, -0.15) is 0 Å². The van der Waals surface area contributed by atoms with Crippen molar-refractivity contribution in [1.82, 2.24) is 0 Å². The summed E-state index contributed by atoms with van der Waals surface area (Å²) in [7, 11) is 2.55. The van der Waals surface area contributed by atoms with Gasteiger partial charge in [0.1, 0.15) is 48.1 Å². The van der Waals surface area contributed by atoms with Gasteiger partial charge in [0, 0.05) is 0 Å². The van der Waals surface area contributed by atoms with E-state index >= 15 is 0 Å². The van der Waals surface area contributed by atoms with E-state index in [0.29, 0.717) is 0 Å². The van der Waals surface area contributed by atoms with E-state index in [2.05, 4.69) is 0 Å². The van der Waals surface area contributed by atoms with Gasteiger partial charge in [-0.05, 0) is 30.3 Å². The summed E-state index contributed by atoms with van der Waals surface area (Å²) in [6.07, 6.45) is -8.11. The Labute approximate surface area is 198 Å². The van der Waals surface area contributed by atoms with Gasteiger partial charge in [-0.3, -0.25) is 0 Å². The molecule has 1 heterocycles. The smallest absolute Gasteiger partial charge is 0.339 e. The zero-order valence-electron chi connectivity index (χ0n) is 18.5. The number of aromatic carboxylic acids is 1. The average Bonchev–Trinajstić information content (AvgIpc) is 2.84. The number of phenolic OH excluding ortho intramolecular Hbond substituents is 1. The van der Waals surface area contributed by atoms with Crippen molar-refractivity contribution in [3.8, 4) is 28.7 Å². The number of hydrogen-bond acceptors (Lipinski definition) is 12. The lowest BCUT2D eigenvalue weighted by Crippen LogP contribution is -2.60. The van der Waals surface area contributed by atoms with Crippen molar-refractivity contribution < 1.29 is 63.9 Å². The van der Waals surface area contributed by atoms with Gasteiger partial charge >= 0.3 is 11.9 Å². The number of aliphatic hydroxyl groups is 3. The summed E-state index contributed by atoms with van der Waals surface area (Å²) < 4.78 is 26.0. The fraction of sp³-hybridized carbons (Fsp3) is 0.364. The van der Waals surface area contributed by atoms with E-state index in [4.69, 9.17) is 28.8 Å². The first kappa shape index (κ1) is 25.8. The predicted octanol–water partition coefficient (Wildman–Crippen LogP) is -0.143. The van der Waals surface area contributed by atoms with E-state index in [1.807, 2.05) is 0 Å². The molecule has 13 heteroatoms. The number of hydrogen-bond donors (Lipinski definition) is 6. The Morgan fingerprint density at radius 3 is 2.14 bits per heavy atom. The molecule has 190 valence electrons. The molecular formula is C22H24O13. The van der Waals surface area contributed by atoms with Crippen LogP contribution in [-0.4, -0.2) is 94.1 Å².